The number of fused-ring (bicyclic) bond motifs is 1. The van der Waals surface area contributed by atoms with Crippen LogP contribution in [0.15, 0.2) is 40.7 Å². The van der Waals surface area contributed by atoms with Gasteiger partial charge >= 0.3 is 11.2 Å². The summed E-state index contributed by atoms with van der Waals surface area (Å²) in [5.74, 6) is 0.0623. The van der Waals surface area contributed by atoms with Gasteiger partial charge in [-0.05, 0) is 11.1 Å². The number of amides is 3. The van der Waals surface area contributed by atoms with E-state index in [-0.39, 0.29) is 5.91 Å². The van der Waals surface area contributed by atoms with E-state index in [1.54, 1.807) is 24.0 Å². The average Bonchev–Trinajstić information content (AvgIpc) is 3.24. The molecule has 1 saturated heterocycles. The van der Waals surface area contributed by atoms with Gasteiger partial charge in [-0.25, -0.2) is 9.37 Å². The summed E-state index contributed by atoms with van der Waals surface area (Å²) in [6.45, 7) is 0.360. The van der Waals surface area contributed by atoms with E-state index in [1.807, 2.05) is 29.8 Å². The molecule has 1 aromatic heterocycles. The van der Waals surface area contributed by atoms with Crippen molar-refractivity contribution in [1.29, 1.82) is 0 Å². The number of nitrogens with zero attached hydrogens (tertiary/aromatic N) is 7. The van der Waals surface area contributed by atoms with Crippen LogP contribution in [-0.2, 0) is 18.4 Å². The highest BCUT2D eigenvalue weighted by molar-refractivity contribution is 8.13. The number of likely N-dealkylation sites (N-methyl/N-ethyl adjacent to an activating group) is 2. The number of aryl methyl sites for hydroxylation is 1. The van der Waals surface area contributed by atoms with E-state index in [2.05, 4.69) is 15.2 Å². The molecule has 11 heteroatoms. The first-order valence-corrected chi connectivity index (χ1v) is 9.60. The third-order valence-corrected chi connectivity index (χ3v) is 6.07. The van der Waals surface area contributed by atoms with E-state index < -0.39 is 12.1 Å². The molecule has 3 heterocycles. The number of hydrogen-bond donors (Lipinski definition) is 0. The fourth-order valence-corrected chi connectivity index (χ4v) is 4.14. The molecule has 0 radical (unpaired) electrons. The lowest BCUT2D eigenvalue weighted by atomic mass is 10.1. The predicted molar refractivity (Wildman–Crippen MR) is 104 cm³/mol. The number of halogens is 1. The van der Waals surface area contributed by atoms with Crippen molar-refractivity contribution in [2.24, 2.45) is 12.0 Å². The van der Waals surface area contributed by atoms with E-state index in [4.69, 9.17) is 11.6 Å². The van der Waals surface area contributed by atoms with Crippen molar-refractivity contribution >= 4 is 46.3 Å². The molecule has 0 spiro atoms. The van der Waals surface area contributed by atoms with Gasteiger partial charge in [-0.2, -0.15) is 0 Å². The molecule has 2 aliphatic heterocycles. The number of urea groups is 1. The second-order valence-electron chi connectivity index (χ2n) is 6.44. The molecule has 1 atom stereocenters. The van der Waals surface area contributed by atoms with Gasteiger partial charge in [0.05, 0.1) is 0 Å². The second-order valence-corrected chi connectivity index (χ2v) is 7.78. The summed E-state index contributed by atoms with van der Waals surface area (Å²) < 4.78 is 3.61. The molecule has 2 aromatic rings. The zero-order valence-electron chi connectivity index (χ0n) is 15.4. The summed E-state index contributed by atoms with van der Waals surface area (Å²) in [5.41, 5.74) is 0.853. The van der Waals surface area contributed by atoms with Gasteiger partial charge in [0.15, 0.2) is 0 Å². The Morgan fingerprint density at radius 3 is 2.61 bits per heavy atom. The average molecular weight is 419 g/mol. The minimum atomic E-state index is -0.709. The van der Waals surface area contributed by atoms with E-state index in [1.165, 1.54) is 23.7 Å². The molecule has 0 N–H and O–H groups in total. The second kappa shape index (κ2) is 7.02. The monoisotopic (exact) mass is 418 g/mol. The van der Waals surface area contributed by atoms with Gasteiger partial charge in [0.2, 0.25) is 5.16 Å². The lowest BCUT2D eigenvalue weighted by Gasteiger charge is -2.30. The third-order valence-electron chi connectivity index (χ3n) is 4.65. The molecule has 1 unspecified atom stereocenters. The lowest BCUT2D eigenvalue weighted by molar-refractivity contribution is -0.548. The van der Waals surface area contributed by atoms with Crippen molar-refractivity contribution in [2.75, 3.05) is 14.1 Å². The summed E-state index contributed by atoms with van der Waals surface area (Å²) >= 11 is 7.63. The third kappa shape index (κ3) is 2.98. The number of aromatic nitrogens is 3. The summed E-state index contributed by atoms with van der Waals surface area (Å²) in [6, 6.07) is 6.31. The largest absolute Gasteiger partial charge is 0.366 e. The predicted octanol–water partition coefficient (Wildman–Crippen LogP) is 1.43. The summed E-state index contributed by atoms with van der Waals surface area (Å²) in [4.78, 5) is 32.4. The number of carbonyl (C=O) groups is 2. The van der Waals surface area contributed by atoms with Gasteiger partial charge < -0.3 is 4.57 Å². The Labute approximate surface area is 170 Å². The van der Waals surface area contributed by atoms with Gasteiger partial charge in [0.25, 0.3) is 17.8 Å². The maximum atomic E-state index is 12.9. The molecule has 1 fully saturated rings. The minimum Gasteiger partial charge on any atom is -0.311 e. The number of amidine groups is 2. The van der Waals surface area contributed by atoms with Crippen LogP contribution in [0, 0.1) is 0 Å². The van der Waals surface area contributed by atoms with Crippen LogP contribution in [0.1, 0.15) is 5.56 Å². The highest BCUT2D eigenvalue weighted by Gasteiger charge is 2.53. The van der Waals surface area contributed by atoms with E-state index in [0.717, 1.165) is 10.5 Å². The lowest BCUT2D eigenvalue weighted by Crippen LogP contribution is -2.61. The van der Waals surface area contributed by atoms with Gasteiger partial charge in [0, 0.05) is 43.5 Å². The van der Waals surface area contributed by atoms with Crippen LogP contribution in [0.4, 0.5) is 4.79 Å². The number of rotatable bonds is 3. The normalized spacial score (nSPS) is 19.4. The zero-order chi connectivity index (χ0) is 20.0. The van der Waals surface area contributed by atoms with Crippen LogP contribution in [0.5, 0.6) is 0 Å². The van der Waals surface area contributed by atoms with Crippen LogP contribution in [-0.4, -0.2) is 72.2 Å². The van der Waals surface area contributed by atoms with E-state index in [0.29, 0.717) is 27.7 Å². The van der Waals surface area contributed by atoms with Crippen molar-refractivity contribution in [3.05, 3.63) is 41.2 Å². The fraction of sp³-hybridized carbons (Fsp3) is 0.294. The molecule has 0 saturated carbocycles. The topological polar surface area (TPSA) is 86.7 Å². The summed E-state index contributed by atoms with van der Waals surface area (Å²) in [5, 5.41) is 9.74. The van der Waals surface area contributed by atoms with Crippen molar-refractivity contribution < 1.29 is 14.2 Å². The van der Waals surface area contributed by atoms with Crippen molar-refractivity contribution in [1.82, 2.24) is 24.6 Å². The Morgan fingerprint density at radius 2 is 1.93 bits per heavy atom. The molecule has 28 heavy (non-hydrogen) atoms. The number of carbonyl (C=O) groups excluding carboxylic acids is 2. The Morgan fingerprint density at radius 1 is 1.18 bits per heavy atom. The molecule has 0 bridgehead atoms. The van der Waals surface area contributed by atoms with Gasteiger partial charge in [-0.3, -0.25) is 14.6 Å². The highest BCUT2D eigenvalue weighted by Crippen LogP contribution is 2.28. The van der Waals surface area contributed by atoms with E-state index >= 15 is 0 Å². The van der Waals surface area contributed by atoms with Crippen molar-refractivity contribution in [3.8, 4) is 0 Å². The van der Waals surface area contributed by atoms with Gasteiger partial charge in [-0.15, -0.1) is 10.2 Å². The minimum absolute atomic E-state index is 0.331. The van der Waals surface area contributed by atoms with Gasteiger partial charge in [-0.1, -0.05) is 29.8 Å². The number of benzene rings is 1. The summed E-state index contributed by atoms with van der Waals surface area (Å²) in [6.07, 6.45) is 1.59. The molecule has 4 rings (SSSR count). The van der Waals surface area contributed by atoms with Crippen molar-refractivity contribution in [2.45, 2.75) is 17.7 Å². The quantitative estimate of drug-likeness (QED) is 0.704. The van der Waals surface area contributed by atoms with E-state index in [9.17, 15) is 9.59 Å². The van der Waals surface area contributed by atoms with Crippen LogP contribution < -0.4 is 0 Å². The Bertz CT molecular complexity index is 1050. The zero-order valence-corrected chi connectivity index (χ0v) is 17.0. The number of imide groups is 1. The Kier molecular flexibility index (Phi) is 4.68. The first-order valence-electron chi connectivity index (χ1n) is 8.41. The van der Waals surface area contributed by atoms with Crippen LogP contribution in [0.25, 0.3) is 0 Å². The van der Waals surface area contributed by atoms with Crippen LogP contribution in [0.3, 0.4) is 0 Å². The van der Waals surface area contributed by atoms with Crippen LogP contribution >= 0.6 is 23.4 Å². The molecule has 144 valence electrons. The molecular formula is C17H17ClN7O2S+. The molecular weight excluding hydrogens is 402 g/mol. The highest BCUT2D eigenvalue weighted by atomic mass is 35.5. The summed E-state index contributed by atoms with van der Waals surface area (Å²) in [7, 11) is 4.91. The molecule has 0 aliphatic carbocycles. The first-order chi connectivity index (χ1) is 13.4. The first kappa shape index (κ1) is 18.6. The van der Waals surface area contributed by atoms with Crippen molar-refractivity contribution in [3.63, 3.8) is 0 Å². The SMILES string of the molecule is CN1C(=O)C2C(=NC(Sc3nncn3C)=[N+]2Cc2ccccc2Cl)N(C)C1=O. The fourth-order valence-electron chi connectivity index (χ4n) is 3.07. The smallest absolute Gasteiger partial charge is 0.311 e. The maximum Gasteiger partial charge on any atom is 0.366 e. The maximum absolute atomic E-state index is 12.9. The number of aliphatic imine (C=N–C) groups is 1. The molecule has 9 nitrogen and oxygen atoms in total. The van der Waals surface area contributed by atoms with Gasteiger partial charge in [0.1, 0.15) is 12.9 Å². The molecule has 3 amide bonds. The Hall–Kier alpha value is -2.72. The standard InChI is InChI=1S/C17H17ClN7O2S/c1-22-9-19-21-16(22)28-15-20-13-12(14(26)24(3)17(27)23(13)2)25(15)8-10-6-4-5-7-11(10)18/h4-7,9,12H,8H2,1-3H3/q+1. The number of hydrogen-bond acceptors (Lipinski definition) is 6. The Balaban J connectivity index is 1.80. The molecule has 1 aromatic carbocycles. The number of thioether (sulfide) groups is 1. The van der Waals surface area contributed by atoms with Crippen LogP contribution in [0.2, 0.25) is 5.02 Å². The molecule has 2 aliphatic rings.